The average Bonchev–Trinajstić information content (AvgIpc) is 3.37. The standard InChI is InChI=1S/C27H21FN2O4S/c1-3-34-19-11-8-16(9-12-19)23-22(24(31)17-6-4-15(2)5-7-17)25(32)26(33)30(23)27-29-20-13-10-18(28)14-21(20)35-27/h4-14,23,31H,3H2,1-2H3. The number of carbonyl (C=O) groups is 2. The van der Waals surface area contributed by atoms with Gasteiger partial charge in [-0.25, -0.2) is 9.37 Å². The Kier molecular flexibility index (Phi) is 5.82. The predicted octanol–water partition coefficient (Wildman–Crippen LogP) is 5.77. The lowest BCUT2D eigenvalue weighted by Gasteiger charge is -2.23. The molecule has 0 bridgehead atoms. The third-order valence-corrected chi connectivity index (χ3v) is 6.84. The molecule has 1 aliphatic heterocycles. The zero-order valence-electron chi connectivity index (χ0n) is 19.0. The van der Waals surface area contributed by atoms with Crippen LogP contribution in [0.25, 0.3) is 16.0 Å². The molecule has 1 fully saturated rings. The molecule has 1 amide bonds. The highest BCUT2D eigenvalue weighted by Crippen LogP contribution is 2.44. The summed E-state index contributed by atoms with van der Waals surface area (Å²) in [7, 11) is 0. The second kappa shape index (κ2) is 8.96. The summed E-state index contributed by atoms with van der Waals surface area (Å²) in [5, 5.41) is 11.4. The van der Waals surface area contributed by atoms with E-state index in [1.54, 1.807) is 36.4 Å². The maximum atomic E-state index is 13.8. The Labute approximate surface area is 204 Å². The summed E-state index contributed by atoms with van der Waals surface area (Å²) in [6, 6.07) is 17.3. The van der Waals surface area contributed by atoms with Gasteiger partial charge in [-0.3, -0.25) is 14.5 Å². The molecule has 1 aliphatic rings. The number of carbonyl (C=O) groups excluding carboxylic acids is 2. The van der Waals surface area contributed by atoms with Crippen LogP contribution in [0, 0.1) is 12.7 Å². The molecule has 6 nitrogen and oxygen atoms in total. The molecular formula is C27H21FN2O4S. The number of aromatic nitrogens is 1. The molecule has 3 aromatic carbocycles. The quantitative estimate of drug-likeness (QED) is 0.219. The summed E-state index contributed by atoms with van der Waals surface area (Å²) in [5.74, 6) is -1.67. The molecule has 35 heavy (non-hydrogen) atoms. The van der Waals surface area contributed by atoms with E-state index >= 15 is 0 Å². The van der Waals surface area contributed by atoms with Gasteiger partial charge in [0.05, 0.1) is 28.4 Å². The minimum Gasteiger partial charge on any atom is -0.507 e. The molecule has 1 aromatic heterocycles. The lowest BCUT2D eigenvalue weighted by molar-refractivity contribution is -0.132. The topological polar surface area (TPSA) is 79.7 Å². The first-order valence-corrected chi connectivity index (χ1v) is 11.9. The van der Waals surface area contributed by atoms with Crippen LogP contribution in [0.2, 0.25) is 0 Å². The third-order valence-electron chi connectivity index (χ3n) is 5.82. The van der Waals surface area contributed by atoms with E-state index in [0.717, 1.165) is 16.9 Å². The van der Waals surface area contributed by atoms with Crippen LogP contribution in [0.5, 0.6) is 5.75 Å². The van der Waals surface area contributed by atoms with Gasteiger partial charge in [-0.15, -0.1) is 0 Å². The molecule has 0 aliphatic carbocycles. The number of ketones is 1. The number of aliphatic hydroxyl groups excluding tert-OH is 1. The summed E-state index contributed by atoms with van der Waals surface area (Å²) in [6.07, 6.45) is 0. The lowest BCUT2D eigenvalue weighted by Crippen LogP contribution is -2.29. The normalized spacial score (nSPS) is 17.3. The Morgan fingerprint density at radius 3 is 2.49 bits per heavy atom. The molecule has 176 valence electrons. The number of ether oxygens (including phenoxy) is 1. The largest absolute Gasteiger partial charge is 0.507 e. The van der Waals surface area contributed by atoms with Crippen LogP contribution in [0.15, 0.2) is 72.3 Å². The summed E-state index contributed by atoms with van der Waals surface area (Å²) >= 11 is 1.11. The molecule has 0 spiro atoms. The fourth-order valence-corrected chi connectivity index (χ4v) is 5.13. The van der Waals surface area contributed by atoms with Crippen molar-refractivity contribution in [3.8, 4) is 5.75 Å². The number of nitrogens with zero attached hydrogens (tertiary/aromatic N) is 2. The van der Waals surface area contributed by atoms with Gasteiger partial charge in [0.25, 0.3) is 5.78 Å². The first-order valence-electron chi connectivity index (χ1n) is 11.0. The van der Waals surface area contributed by atoms with Gasteiger partial charge >= 0.3 is 5.91 Å². The fraction of sp³-hybridized carbons (Fsp3) is 0.148. The van der Waals surface area contributed by atoms with Crippen molar-refractivity contribution in [3.63, 3.8) is 0 Å². The Balaban J connectivity index is 1.70. The van der Waals surface area contributed by atoms with Crippen LogP contribution >= 0.6 is 11.3 Å². The lowest BCUT2D eigenvalue weighted by atomic mass is 9.95. The molecule has 2 heterocycles. The van der Waals surface area contributed by atoms with E-state index in [4.69, 9.17) is 4.74 Å². The number of fused-ring (bicyclic) bond motifs is 1. The molecular weight excluding hydrogens is 467 g/mol. The second-order valence-corrected chi connectivity index (χ2v) is 9.15. The van der Waals surface area contributed by atoms with Crippen LogP contribution in [0.4, 0.5) is 9.52 Å². The average molecular weight is 489 g/mol. The van der Waals surface area contributed by atoms with Crippen molar-refractivity contribution in [2.24, 2.45) is 0 Å². The van der Waals surface area contributed by atoms with E-state index in [1.807, 2.05) is 26.0 Å². The Morgan fingerprint density at radius 2 is 1.80 bits per heavy atom. The minimum absolute atomic E-state index is 0.0338. The number of benzene rings is 3. The van der Waals surface area contributed by atoms with E-state index < -0.39 is 23.5 Å². The Hall–Kier alpha value is -4.04. The van der Waals surface area contributed by atoms with Crippen molar-refractivity contribution in [1.29, 1.82) is 0 Å². The van der Waals surface area contributed by atoms with Crippen molar-refractivity contribution in [1.82, 2.24) is 4.98 Å². The van der Waals surface area contributed by atoms with Crippen molar-refractivity contribution in [3.05, 3.63) is 94.8 Å². The van der Waals surface area contributed by atoms with Gasteiger partial charge in [-0.05, 0) is 49.7 Å². The number of anilines is 1. The highest BCUT2D eigenvalue weighted by atomic mass is 32.1. The number of aliphatic hydroxyl groups is 1. The van der Waals surface area contributed by atoms with Crippen molar-refractivity contribution in [2.45, 2.75) is 19.9 Å². The molecule has 4 aromatic rings. The Bertz CT molecular complexity index is 1480. The summed E-state index contributed by atoms with van der Waals surface area (Å²) < 4.78 is 19.9. The van der Waals surface area contributed by atoms with Crippen molar-refractivity contribution >= 4 is 44.1 Å². The van der Waals surface area contributed by atoms with Gasteiger partial charge in [0.1, 0.15) is 17.3 Å². The predicted molar refractivity (Wildman–Crippen MR) is 133 cm³/mol. The molecule has 1 saturated heterocycles. The molecule has 5 rings (SSSR count). The van der Waals surface area contributed by atoms with Gasteiger partial charge in [0, 0.05) is 5.56 Å². The number of Topliss-reactive ketones (excluding diaryl/α,β-unsaturated/α-hetero) is 1. The zero-order valence-corrected chi connectivity index (χ0v) is 19.8. The third kappa shape index (κ3) is 4.06. The first kappa shape index (κ1) is 22.7. The number of amides is 1. The van der Waals surface area contributed by atoms with Gasteiger partial charge in [0.2, 0.25) is 0 Å². The number of aryl methyl sites for hydroxylation is 1. The van der Waals surface area contributed by atoms with Crippen LogP contribution < -0.4 is 9.64 Å². The summed E-state index contributed by atoms with van der Waals surface area (Å²) in [6.45, 7) is 4.28. The number of thiazole rings is 1. The molecule has 1 unspecified atom stereocenters. The van der Waals surface area contributed by atoms with E-state index in [2.05, 4.69) is 4.98 Å². The molecule has 0 radical (unpaired) electrons. The van der Waals surface area contributed by atoms with E-state index in [-0.39, 0.29) is 16.5 Å². The fourth-order valence-electron chi connectivity index (χ4n) is 4.11. The van der Waals surface area contributed by atoms with E-state index in [1.165, 1.54) is 23.1 Å². The molecule has 8 heteroatoms. The molecule has 1 atom stereocenters. The first-order chi connectivity index (χ1) is 16.9. The SMILES string of the molecule is CCOc1ccc(C2C(=C(O)c3ccc(C)cc3)C(=O)C(=O)N2c2nc3ccc(F)cc3s2)cc1. The van der Waals surface area contributed by atoms with Gasteiger partial charge in [-0.1, -0.05) is 53.3 Å². The smallest absolute Gasteiger partial charge is 0.301 e. The van der Waals surface area contributed by atoms with E-state index in [9.17, 15) is 19.1 Å². The summed E-state index contributed by atoms with van der Waals surface area (Å²) in [4.78, 5) is 32.4. The maximum absolute atomic E-state index is 13.8. The van der Waals surface area contributed by atoms with Gasteiger partial charge in [-0.2, -0.15) is 0 Å². The second-order valence-electron chi connectivity index (χ2n) is 8.15. The van der Waals surface area contributed by atoms with Crippen molar-refractivity contribution in [2.75, 3.05) is 11.5 Å². The minimum atomic E-state index is -0.919. The highest BCUT2D eigenvalue weighted by Gasteiger charge is 2.48. The van der Waals surface area contributed by atoms with E-state index in [0.29, 0.717) is 33.7 Å². The monoisotopic (exact) mass is 488 g/mol. The maximum Gasteiger partial charge on any atom is 0.301 e. The zero-order chi connectivity index (χ0) is 24.7. The highest BCUT2D eigenvalue weighted by molar-refractivity contribution is 7.22. The van der Waals surface area contributed by atoms with Crippen LogP contribution in [0.1, 0.15) is 29.7 Å². The number of halogens is 1. The number of rotatable bonds is 5. The van der Waals surface area contributed by atoms with Crippen molar-refractivity contribution < 1.29 is 23.8 Å². The molecule has 1 N–H and O–H groups in total. The number of hydrogen-bond donors (Lipinski definition) is 1. The molecule has 0 saturated carbocycles. The number of hydrogen-bond acceptors (Lipinski definition) is 6. The van der Waals surface area contributed by atoms with Crippen LogP contribution in [-0.2, 0) is 9.59 Å². The Morgan fingerprint density at radius 1 is 1.09 bits per heavy atom. The van der Waals surface area contributed by atoms with Crippen LogP contribution in [-0.4, -0.2) is 28.4 Å². The van der Waals surface area contributed by atoms with Gasteiger partial charge in [0.15, 0.2) is 5.13 Å². The van der Waals surface area contributed by atoms with Gasteiger partial charge < -0.3 is 9.84 Å². The summed E-state index contributed by atoms with van der Waals surface area (Å²) in [5.41, 5.74) is 2.50. The van der Waals surface area contributed by atoms with Crippen LogP contribution in [0.3, 0.4) is 0 Å².